The van der Waals surface area contributed by atoms with Crippen molar-refractivity contribution in [1.82, 2.24) is 9.97 Å². The summed E-state index contributed by atoms with van der Waals surface area (Å²) in [5.41, 5.74) is 6.21. The summed E-state index contributed by atoms with van der Waals surface area (Å²) in [7, 11) is 0. The number of hydrogen-bond donors (Lipinski definition) is 1. The van der Waals surface area contributed by atoms with Crippen molar-refractivity contribution in [3.05, 3.63) is 18.0 Å². The van der Waals surface area contributed by atoms with E-state index in [0.29, 0.717) is 16.6 Å². The lowest BCUT2D eigenvalue weighted by Crippen LogP contribution is -2.35. The highest BCUT2D eigenvalue weighted by Crippen LogP contribution is 2.19. The summed E-state index contributed by atoms with van der Waals surface area (Å²) in [4.78, 5) is 11.2. The van der Waals surface area contributed by atoms with Gasteiger partial charge in [0.05, 0.1) is 0 Å². The van der Waals surface area contributed by atoms with Crippen molar-refractivity contribution in [2.45, 2.75) is 19.8 Å². The first-order valence-electron chi connectivity index (χ1n) is 5.54. The molecule has 2 N–H and O–H groups in total. The number of aromatic nitrogens is 2. The molecule has 0 bridgehead atoms. The van der Waals surface area contributed by atoms with Crippen molar-refractivity contribution in [3.63, 3.8) is 0 Å². The third-order valence-electron chi connectivity index (χ3n) is 2.84. The van der Waals surface area contributed by atoms with E-state index in [9.17, 15) is 0 Å². The molecule has 86 valence electrons. The molecule has 1 unspecified atom stereocenters. The van der Waals surface area contributed by atoms with Gasteiger partial charge in [-0.3, -0.25) is 0 Å². The van der Waals surface area contributed by atoms with Crippen molar-refractivity contribution >= 4 is 23.2 Å². The van der Waals surface area contributed by atoms with Crippen LogP contribution in [0.3, 0.4) is 0 Å². The Labute approximate surface area is 101 Å². The Morgan fingerprint density at radius 2 is 2.44 bits per heavy atom. The second-order valence-electron chi connectivity index (χ2n) is 4.30. The molecule has 2 heterocycles. The summed E-state index contributed by atoms with van der Waals surface area (Å²) in [5, 5.41) is 0. The van der Waals surface area contributed by atoms with Gasteiger partial charge in [-0.15, -0.1) is 0 Å². The smallest absolute Gasteiger partial charge is 0.225 e. The van der Waals surface area contributed by atoms with Gasteiger partial charge >= 0.3 is 0 Å². The Morgan fingerprint density at radius 3 is 3.12 bits per heavy atom. The van der Waals surface area contributed by atoms with E-state index in [2.05, 4.69) is 21.8 Å². The lowest BCUT2D eigenvalue weighted by atomic mass is 10.0. The van der Waals surface area contributed by atoms with Gasteiger partial charge in [-0.1, -0.05) is 19.1 Å². The number of nitrogens with zero attached hydrogens (tertiary/aromatic N) is 3. The van der Waals surface area contributed by atoms with Crippen molar-refractivity contribution in [2.75, 3.05) is 18.0 Å². The molecule has 1 aromatic rings. The Balaban J connectivity index is 2.19. The molecular weight excluding hydrogens is 220 g/mol. The second kappa shape index (κ2) is 4.74. The fourth-order valence-electron chi connectivity index (χ4n) is 2.01. The normalized spacial score (nSPS) is 20.8. The average molecular weight is 236 g/mol. The maximum Gasteiger partial charge on any atom is 0.225 e. The molecule has 0 aliphatic carbocycles. The first-order valence-corrected chi connectivity index (χ1v) is 5.95. The van der Waals surface area contributed by atoms with Crippen LogP contribution in [0.2, 0.25) is 0 Å². The van der Waals surface area contributed by atoms with Crippen LogP contribution in [-0.2, 0) is 0 Å². The molecule has 1 aromatic heterocycles. The van der Waals surface area contributed by atoms with Crippen LogP contribution in [0, 0.1) is 5.92 Å². The monoisotopic (exact) mass is 236 g/mol. The topological polar surface area (TPSA) is 55.0 Å². The quantitative estimate of drug-likeness (QED) is 0.785. The second-order valence-corrected chi connectivity index (χ2v) is 4.74. The summed E-state index contributed by atoms with van der Waals surface area (Å²) in [5.74, 6) is 1.45. The highest BCUT2D eigenvalue weighted by Gasteiger charge is 2.18. The zero-order valence-corrected chi connectivity index (χ0v) is 10.2. The van der Waals surface area contributed by atoms with Gasteiger partial charge in [0.1, 0.15) is 10.7 Å². The molecule has 0 radical (unpaired) electrons. The summed E-state index contributed by atoms with van der Waals surface area (Å²) in [6.45, 7) is 4.29. The van der Waals surface area contributed by atoms with Crippen LogP contribution in [-0.4, -0.2) is 28.0 Å². The van der Waals surface area contributed by atoms with E-state index >= 15 is 0 Å². The molecule has 5 heteroatoms. The van der Waals surface area contributed by atoms with Crippen molar-refractivity contribution in [2.24, 2.45) is 11.7 Å². The minimum atomic E-state index is 0.328. The SMILES string of the molecule is CC1CCCN(c2nccc(C(N)=S)n2)C1. The minimum Gasteiger partial charge on any atom is -0.388 e. The highest BCUT2D eigenvalue weighted by atomic mass is 32.1. The fraction of sp³-hybridized carbons (Fsp3) is 0.545. The molecule has 1 saturated heterocycles. The largest absolute Gasteiger partial charge is 0.388 e. The zero-order chi connectivity index (χ0) is 11.5. The molecule has 0 saturated carbocycles. The highest BCUT2D eigenvalue weighted by molar-refractivity contribution is 7.80. The van der Waals surface area contributed by atoms with E-state index in [1.54, 1.807) is 12.3 Å². The molecule has 1 fully saturated rings. The van der Waals surface area contributed by atoms with E-state index in [1.807, 2.05) is 0 Å². The van der Waals surface area contributed by atoms with Gasteiger partial charge in [-0.05, 0) is 24.8 Å². The Morgan fingerprint density at radius 1 is 1.62 bits per heavy atom. The summed E-state index contributed by atoms with van der Waals surface area (Å²) in [6, 6.07) is 1.75. The van der Waals surface area contributed by atoms with Crippen molar-refractivity contribution in [3.8, 4) is 0 Å². The fourth-order valence-corrected chi connectivity index (χ4v) is 2.12. The standard InChI is InChI=1S/C11H16N4S/c1-8-3-2-6-15(7-8)11-13-5-4-9(14-11)10(12)16/h4-5,8H,2-3,6-7H2,1H3,(H2,12,16). The van der Waals surface area contributed by atoms with Crippen molar-refractivity contribution in [1.29, 1.82) is 0 Å². The van der Waals surface area contributed by atoms with E-state index in [4.69, 9.17) is 18.0 Å². The number of anilines is 1. The van der Waals surface area contributed by atoms with Gasteiger partial charge in [-0.2, -0.15) is 0 Å². The van der Waals surface area contributed by atoms with Crippen LogP contribution >= 0.6 is 12.2 Å². The Hall–Kier alpha value is -1.23. The molecule has 4 nitrogen and oxygen atoms in total. The number of thiocarbonyl (C=S) groups is 1. The first-order chi connectivity index (χ1) is 7.66. The third-order valence-corrected chi connectivity index (χ3v) is 3.04. The van der Waals surface area contributed by atoms with E-state index < -0.39 is 0 Å². The van der Waals surface area contributed by atoms with E-state index in [-0.39, 0.29) is 0 Å². The number of nitrogens with two attached hydrogens (primary N) is 1. The lowest BCUT2D eigenvalue weighted by Gasteiger charge is -2.30. The third kappa shape index (κ3) is 2.47. The number of rotatable bonds is 2. The Bertz CT molecular complexity index is 393. The predicted octanol–water partition coefficient (Wildman–Crippen LogP) is 1.35. The zero-order valence-electron chi connectivity index (χ0n) is 9.39. The van der Waals surface area contributed by atoms with E-state index in [0.717, 1.165) is 19.0 Å². The van der Waals surface area contributed by atoms with Crippen LogP contribution in [0.5, 0.6) is 0 Å². The molecule has 1 atom stereocenters. The van der Waals surface area contributed by atoms with Crippen LogP contribution in [0.25, 0.3) is 0 Å². The van der Waals surface area contributed by atoms with Gasteiger partial charge in [0.25, 0.3) is 0 Å². The summed E-state index contributed by atoms with van der Waals surface area (Å²) in [6.07, 6.45) is 4.20. The lowest BCUT2D eigenvalue weighted by molar-refractivity contribution is 0.442. The van der Waals surface area contributed by atoms with Gasteiger partial charge < -0.3 is 10.6 Å². The summed E-state index contributed by atoms with van der Waals surface area (Å²) < 4.78 is 0. The molecule has 0 aromatic carbocycles. The van der Waals surface area contributed by atoms with Gasteiger partial charge in [0, 0.05) is 19.3 Å². The Kier molecular flexibility index (Phi) is 3.33. The van der Waals surface area contributed by atoms with Crippen molar-refractivity contribution < 1.29 is 0 Å². The van der Waals surface area contributed by atoms with Crippen LogP contribution in [0.4, 0.5) is 5.95 Å². The van der Waals surface area contributed by atoms with Gasteiger partial charge in [-0.25, -0.2) is 9.97 Å². The van der Waals surface area contributed by atoms with Crippen LogP contribution in [0.15, 0.2) is 12.3 Å². The minimum absolute atomic E-state index is 0.328. The van der Waals surface area contributed by atoms with Crippen LogP contribution < -0.4 is 10.6 Å². The van der Waals surface area contributed by atoms with Crippen LogP contribution in [0.1, 0.15) is 25.5 Å². The van der Waals surface area contributed by atoms with E-state index in [1.165, 1.54) is 12.8 Å². The first kappa shape index (κ1) is 11.3. The molecular formula is C11H16N4S. The van der Waals surface area contributed by atoms with Gasteiger partial charge in [0.15, 0.2) is 0 Å². The molecule has 0 amide bonds. The van der Waals surface area contributed by atoms with Gasteiger partial charge in [0.2, 0.25) is 5.95 Å². The number of piperidine rings is 1. The molecule has 1 aliphatic heterocycles. The predicted molar refractivity (Wildman–Crippen MR) is 68.5 cm³/mol. The maximum atomic E-state index is 5.56. The average Bonchev–Trinajstić information content (AvgIpc) is 2.29. The molecule has 0 spiro atoms. The molecule has 16 heavy (non-hydrogen) atoms. The maximum absolute atomic E-state index is 5.56. The molecule has 1 aliphatic rings. The summed E-state index contributed by atoms with van der Waals surface area (Å²) >= 11 is 4.92. The molecule has 2 rings (SSSR count). The number of hydrogen-bond acceptors (Lipinski definition) is 4.